The minimum atomic E-state index is -1.41. The van der Waals surface area contributed by atoms with Gasteiger partial charge < -0.3 is 31.8 Å². The molecule has 7 N–H and O–H groups in total. The van der Waals surface area contributed by atoms with Crippen LogP contribution in [0.4, 0.5) is 10.3 Å². The van der Waals surface area contributed by atoms with Crippen molar-refractivity contribution in [3.05, 3.63) is 39.6 Å². The van der Waals surface area contributed by atoms with Gasteiger partial charge in [0.25, 0.3) is 16.6 Å². The van der Waals surface area contributed by atoms with E-state index in [-0.39, 0.29) is 33.2 Å². The Morgan fingerprint density at radius 1 is 1.29 bits per heavy atom. The third-order valence-electron chi connectivity index (χ3n) is 6.02. The summed E-state index contributed by atoms with van der Waals surface area (Å²) in [5.41, 5.74) is 11.9. The molecule has 19 heteroatoms. The fourth-order valence-electron chi connectivity index (χ4n) is 4.14. The zero-order valence-corrected chi connectivity index (χ0v) is 24.0. The molecule has 1 saturated heterocycles. The lowest BCUT2D eigenvalue weighted by atomic mass is 10.0. The number of nitrogen functional groups attached to an aromatic ring is 2. The van der Waals surface area contributed by atoms with E-state index in [1.165, 1.54) is 30.0 Å². The van der Waals surface area contributed by atoms with Gasteiger partial charge in [0.15, 0.2) is 28.7 Å². The number of aromatic nitrogens is 3. The second kappa shape index (κ2) is 11.1. The van der Waals surface area contributed by atoms with Crippen LogP contribution in [0.1, 0.15) is 12.6 Å². The van der Waals surface area contributed by atoms with Gasteiger partial charge in [-0.05, 0) is 24.3 Å². The number of thioether (sulfide) groups is 1. The van der Waals surface area contributed by atoms with Crippen molar-refractivity contribution >= 4 is 96.1 Å². The summed E-state index contributed by atoms with van der Waals surface area (Å²) in [7, 11) is 0. The first-order valence-corrected chi connectivity index (χ1v) is 14.7. The van der Waals surface area contributed by atoms with E-state index in [9.17, 15) is 24.3 Å². The first kappa shape index (κ1) is 28.5. The lowest BCUT2D eigenvalue weighted by Crippen LogP contribution is -2.71. The van der Waals surface area contributed by atoms with Crippen LogP contribution < -0.4 is 21.4 Å². The summed E-state index contributed by atoms with van der Waals surface area (Å²) in [6.07, 6.45) is 0.364. The summed E-state index contributed by atoms with van der Waals surface area (Å²) >= 11 is 9.53. The van der Waals surface area contributed by atoms with Crippen LogP contribution in [-0.2, 0) is 30.6 Å². The molecule has 2 amide bonds. The summed E-state index contributed by atoms with van der Waals surface area (Å²) in [6.45, 7) is 1.38. The van der Waals surface area contributed by atoms with Gasteiger partial charge in [-0.1, -0.05) is 28.1 Å². The number of nitrogens with one attached hydrogen (secondary N) is 1. The molecule has 1 unspecified atom stereocenters. The molecule has 0 aromatic carbocycles. The van der Waals surface area contributed by atoms with Crippen molar-refractivity contribution in [2.75, 3.05) is 17.2 Å². The van der Waals surface area contributed by atoms with Crippen molar-refractivity contribution in [1.29, 1.82) is 0 Å². The molecule has 5 heterocycles. The third-order valence-corrected chi connectivity index (χ3v) is 9.38. The Kier molecular flexibility index (Phi) is 7.73. The zero-order chi connectivity index (χ0) is 29.6. The molecular weight excluding hydrogens is 620 g/mol. The Morgan fingerprint density at radius 3 is 2.68 bits per heavy atom. The number of carboxylic acid groups (broad SMARTS) is 2. The molecule has 2 aliphatic rings. The van der Waals surface area contributed by atoms with Gasteiger partial charge in [0.2, 0.25) is 6.10 Å². The van der Waals surface area contributed by atoms with E-state index in [1.807, 2.05) is 4.57 Å². The van der Waals surface area contributed by atoms with Gasteiger partial charge in [0.05, 0.1) is 0 Å². The number of rotatable bonds is 9. The first-order chi connectivity index (χ1) is 19.5. The number of hydrogen-bond acceptors (Lipinski definition) is 13. The summed E-state index contributed by atoms with van der Waals surface area (Å²) in [5.74, 6) is -3.96. The minimum Gasteiger partial charge on any atom is -0.478 e. The largest absolute Gasteiger partial charge is 0.478 e. The maximum absolute atomic E-state index is 13.2. The maximum Gasteiger partial charge on any atom is 0.352 e. The lowest BCUT2D eigenvalue weighted by Gasteiger charge is -2.49. The number of nitrogens with zero attached hydrogens (tertiary/aromatic N) is 5. The number of hydrogen-bond donors (Lipinski definition) is 5. The predicted molar refractivity (Wildman–Crippen MR) is 150 cm³/mol. The number of β-lactam (4-membered cyclic amide) rings is 1. The van der Waals surface area contributed by atoms with Gasteiger partial charge in [-0.15, -0.1) is 11.8 Å². The number of anilines is 2. The SMILES string of the molecule is C[C@H](O/N=C(\C(=O)N[C@@H]1C(=O)N2C(C(=O)O)=C(C[n+]3cccc4nc(N)sc43)CSC12)c1nc(N)sc1Cl)C(=O)O. The normalized spacial score (nSPS) is 19.5. The molecule has 0 aliphatic carbocycles. The molecule has 0 spiro atoms. The van der Waals surface area contributed by atoms with Gasteiger partial charge in [-0.2, -0.15) is 4.57 Å². The molecule has 2 aliphatic heterocycles. The maximum atomic E-state index is 13.2. The smallest absolute Gasteiger partial charge is 0.352 e. The Morgan fingerprint density at radius 2 is 2.02 bits per heavy atom. The average Bonchev–Trinajstić information content (AvgIpc) is 3.47. The van der Waals surface area contributed by atoms with E-state index < -0.39 is 47.0 Å². The first-order valence-electron chi connectivity index (χ1n) is 11.6. The number of halogens is 1. The fraction of sp³-hybridized carbons (Fsp3) is 0.273. The van der Waals surface area contributed by atoms with Gasteiger partial charge >= 0.3 is 11.9 Å². The number of carbonyl (C=O) groups excluding carboxylic acids is 2. The quantitative estimate of drug-likeness (QED) is 0.0933. The molecule has 0 saturated carbocycles. The number of aliphatic carboxylic acids is 2. The van der Waals surface area contributed by atoms with Crippen molar-refractivity contribution < 1.29 is 38.8 Å². The standard InChI is InChI=1S/C22H19ClN8O7S3/c1-7(19(34)35)38-29-11(10-14(23)40-22(25)28-10)15(32)27-12-16(33)31-13(20(36)37)8(6-39-18(12)31)5-30-4-2-3-9-17(30)41-21(24)26-9/h2-4,7,12,18H,5-6H2,1H3,(H6-,24,25,26,27,28,32,34,35,36,37)/p+1/b29-11-/t7-,12+,18?/m0/s1. The molecule has 0 radical (unpaired) electrons. The Labute approximate surface area is 247 Å². The second-order valence-corrected chi connectivity index (χ2v) is 12.4. The van der Waals surface area contributed by atoms with Crippen molar-refractivity contribution in [1.82, 2.24) is 20.2 Å². The van der Waals surface area contributed by atoms with Crippen LogP contribution in [0.25, 0.3) is 10.3 Å². The Balaban J connectivity index is 1.39. The molecule has 3 atom stereocenters. The number of carboxylic acids is 2. The average molecular weight is 640 g/mol. The van der Waals surface area contributed by atoms with Crippen LogP contribution in [0, 0.1) is 0 Å². The van der Waals surface area contributed by atoms with E-state index in [0.717, 1.165) is 21.1 Å². The number of pyridine rings is 1. The molecule has 41 heavy (non-hydrogen) atoms. The van der Waals surface area contributed by atoms with Crippen LogP contribution in [-0.4, -0.2) is 77.8 Å². The number of thiazole rings is 2. The highest BCUT2D eigenvalue weighted by Gasteiger charge is 2.55. The van der Waals surface area contributed by atoms with E-state index >= 15 is 0 Å². The summed E-state index contributed by atoms with van der Waals surface area (Å²) in [6, 6.07) is 2.45. The minimum absolute atomic E-state index is 0.00691. The number of carbonyl (C=O) groups is 4. The topological polar surface area (TPSA) is 227 Å². The third kappa shape index (κ3) is 5.37. The van der Waals surface area contributed by atoms with E-state index in [2.05, 4.69) is 20.4 Å². The summed E-state index contributed by atoms with van der Waals surface area (Å²) in [5, 5.41) is 24.9. The predicted octanol–water partition coefficient (Wildman–Crippen LogP) is 0.491. The van der Waals surface area contributed by atoms with Crippen molar-refractivity contribution in [2.45, 2.75) is 31.0 Å². The van der Waals surface area contributed by atoms with Gasteiger partial charge in [-0.3, -0.25) is 14.5 Å². The van der Waals surface area contributed by atoms with E-state index in [4.69, 9.17) is 33.0 Å². The lowest BCUT2D eigenvalue weighted by molar-refractivity contribution is -0.661. The highest BCUT2D eigenvalue weighted by atomic mass is 35.5. The molecule has 0 bridgehead atoms. The van der Waals surface area contributed by atoms with Crippen LogP contribution >= 0.6 is 46.0 Å². The monoisotopic (exact) mass is 639 g/mol. The number of fused-ring (bicyclic) bond motifs is 2. The van der Waals surface area contributed by atoms with Gasteiger partial charge in [0.1, 0.15) is 32.7 Å². The van der Waals surface area contributed by atoms with Crippen molar-refractivity contribution in [3.63, 3.8) is 0 Å². The van der Waals surface area contributed by atoms with Crippen LogP contribution in [0.15, 0.2) is 34.8 Å². The summed E-state index contributed by atoms with van der Waals surface area (Å²) in [4.78, 5) is 64.9. The zero-order valence-electron chi connectivity index (χ0n) is 20.8. The van der Waals surface area contributed by atoms with Gasteiger partial charge in [-0.25, -0.2) is 19.6 Å². The number of oxime groups is 1. The Hall–Kier alpha value is -4.00. The molecule has 5 rings (SSSR count). The van der Waals surface area contributed by atoms with Crippen molar-refractivity contribution in [3.8, 4) is 0 Å². The van der Waals surface area contributed by atoms with Crippen LogP contribution in [0.2, 0.25) is 4.34 Å². The second-order valence-electron chi connectivity index (χ2n) is 8.70. The molecule has 3 aromatic heterocycles. The van der Waals surface area contributed by atoms with E-state index in [0.29, 0.717) is 16.2 Å². The van der Waals surface area contributed by atoms with Crippen LogP contribution in [0.3, 0.4) is 0 Å². The van der Waals surface area contributed by atoms with Crippen LogP contribution in [0.5, 0.6) is 0 Å². The van der Waals surface area contributed by atoms with Crippen molar-refractivity contribution in [2.24, 2.45) is 5.16 Å². The highest BCUT2D eigenvalue weighted by Crippen LogP contribution is 2.40. The Bertz CT molecular complexity index is 1670. The molecule has 214 valence electrons. The van der Waals surface area contributed by atoms with E-state index in [1.54, 1.807) is 18.3 Å². The molecular formula is C22H20ClN8O7S3+. The highest BCUT2D eigenvalue weighted by molar-refractivity contribution is 8.00. The fourth-order valence-corrected chi connectivity index (χ4v) is 7.20. The molecule has 3 aromatic rings. The summed E-state index contributed by atoms with van der Waals surface area (Å²) < 4.78 is 1.81. The molecule has 15 nitrogen and oxygen atoms in total. The number of amides is 2. The van der Waals surface area contributed by atoms with Gasteiger partial charge in [0, 0.05) is 17.4 Å². The molecule has 1 fully saturated rings. The number of nitrogens with two attached hydrogens (primary N) is 2.